The third-order valence-corrected chi connectivity index (χ3v) is 1.77. The first-order valence-electron chi connectivity index (χ1n) is 4.51. The summed E-state index contributed by atoms with van der Waals surface area (Å²) >= 11 is 0. The predicted molar refractivity (Wildman–Crippen MR) is 47.5 cm³/mol. The van der Waals surface area contributed by atoms with Gasteiger partial charge in [-0.15, -0.1) is 5.10 Å². The van der Waals surface area contributed by atoms with E-state index in [0.29, 0.717) is 0 Å². The molecular weight excluding hydrogens is 224 g/mol. The summed E-state index contributed by atoms with van der Waals surface area (Å²) < 4.78 is 25.4. The number of aromatic nitrogens is 4. The zero-order valence-corrected chi connectivity index (χ0v) is 8.33. The number of halogens is 2. The van der Waals surface area contributed by atoms with E-state index in [9.17, 15) is 13.6 Å². The summed E-state index contributed by atoms with van der Waals surface area (Å²) in [5.74, 6) is -0.568. The van der Waals surface area contributed by atoms with Gasteiger partial charge in [0.15, 0.2) is 0 Å². The highest BCUT2D eigenvalue weighted by Crippen LogP contribution is 1.99. The van der Waals surface area contributed by atoms with E-state index in [1.165, 1.54) is 6.33 Å². The molecule has 0 fully saturated rings. The lowest BCUT2D eigenvalue weighted by atomic mass is 10.4. The summed E-state index contributed by atoms with van der Waals surface area (Å²) in [6.45, 7) is -1.43. The van der Waals surface area contributed by atoms with E-state index >= 15 is 0 Å². The van der Waals surface area contributed by atoms with Crippen LogP contribution in [0.3, 0.4) is 0 Å². The number of alkyl halides is 2. The normalized spacial score (nSPS) is 10.8. The predicted octanol–water partition coefficient (Wildman–Crippen LogP) is -1.24. The fraction of sp³-hybridized carbons (Fsp3) is 0.714. The fourth-order valence-electron chi connectivity index (χ4n) is 1.10. The van der Waals surface area contributed by atoms with Crippen molar-refractivity contribution < 1.29 is 18.7 Å². The second-order valence-corrected chi connectivity index (χ2v) is 2.96. The number of hydrogen-bond donors (Lipinski definition) is 1. The minimum absolute atomic E-state index is 0.134. The molecule has 1 heterocycles. The molecule has 1 N–H and O–H groups in total. The fourth-order valence-corrected chi connectivity index (χ4v) is 1.10. The highest BCUT2D eigenvalue weighted by atomic mass is 19.3. The summed E-state index contributed by atoms with van der Waals surface area (Å²) in [6, 6.07) is 0. The van der Waals surface area contributed by atoms with Crippen LogP contribution < -0.4 is 0 Å². The molecule has 0 aliphatic rings. The lowest BCUT2D eigenvalue weighted by Gasteiger charge is -2.20. The molecule has 0 aliphatic heterocycles. The van der Waals surface area contributed by atoms with Crippen molar-refractivity contribution in [2.75, 3.05) is 19.7 Å². The van der Waals surface area contributed by atoms with Crippen LogP contribution in [0, 0.1) is 0 Å². The Hall–Kier alpha value is -1.64. The molecule has 1 aromatic rings. The molecule has 0 saturated heterocycles. The third kappa shape index (κ3) is 3.85. The van der Waals surface area contributed by atoms with Gasteiger partial charge in [0.25, 0.3) is 6.43 Å². The van der Waals surface area contributed by atoms with Gasteiger partial charge >= 0.3 is 0 Å². The Kier molecular flexibility index (Phi) is 4.70. The van der Waals surface area contributed by atoms with Crippen molar-refractivity contribution in [1.82, 2.24) is 25.1 Å². The molecule has 0 unspecified atom stereocenters. The number of hydrogen-bond acceptors (Lipinski definition) is 5. The molecule has 90 valence electrons. The molecule has 1 amide bonds. The maximum atomic E-state index is 12.1. The van der Waals surface area contributed by atoms with E-state index in [1.54, 1.807) is 0 Å². The van der Waals surface area contributed by atoms with Crippen LogP contribution in [0.25, 0.3) is 0 Å². The Labute approximate surface area is 89.7 Å². The van der Waals surface area contributed by atoms with E-state index in [2.05, 4.69) is 15.5 Å². The van der Waals surface area contributed by atoms with Crippen molar-refractivity contribution in [2.45, 2.75) is 13.0 Å². The highest BCUT2D eigenvalue weighted by molar-refractivity contribution is 5.75. The van der Waals surface area contributed by atoms with Crippen molar-refractivity contribution in [2.24, 2.45) is 0 Å². The summed E-state index contributed by atoms with van der Waals surface area (Å²) in [7, 11) is 0. The van der Waals surface area contributed by atoms with Gasteiger partial charge in [-0.1, -0.05) is 0 Å². The molecule has 0 atom stereocenters. The number of rotatable bonds is 6. The van der Waals surface area contributed by atoms with Crippen LogP contribution in [0.2, 0.25) is 0 Å². The molecule has 7 nitrogen and oxygen atoms in total. The summed E-state index contributed by atoms with van der Waals surface area (Å²) in [5.41, 5.74) is 0. The van der Waals surface area contributed by atoms with Gasteiger partial charge in [0, 0.05) is 6.54 Å². The van der Waals surface area contributed by atoms with E-state index in [0.717, 1.165) is 9.58 Å². The number of carbonyl (C=O) groups is 1. The van der Waals surface area contributed by atoms with Gasteiger partial charge in [0.1, 0.15) is 12.9 Å². The van der Waals surface area contributed by atoms with E-state index in [4.69, 9.17) is 5.11 Å². The van der Waals surface area contributed by atoms with Crippen LogP contribution in [0.4, 0.5) is 8.78 Å². The number of nitrogens with zero attached hydrogens (tertiary/aromatic N) is 5. The first-order valence-corrected chi connectivity index (χ1v) is 4.51. The number of carbonyl (C=O) groups excluding carboxylic acids is 1. The van der Waals surface area contributed by atoms with Crippen LogP contribution in [0.5, 0.6) is 0 Å². The SMILES string of the molecule is O=C(Cn1cnnn1)N(CCO)CC(F)F. The van der Waals surface area contributed by atoms with Gasteiger partial charge in [-0.25, -0.2) is 13.5 Å². The first kappa shape index (κ1) is 12.4. The second kappa shape index (κ2) is 6.05. The summed E-state index contributed by atoms with van der Waals surface area (Å²) in [4.78, 5) is 12.4. The van der Waals surface area contributed by atoms with Crippen LogP contribution in [0.1, 0.15) is 0 Å². The number of amides is 1. The Bertz CT molecular complexity index is 319. The van der Waals surface area contributed by atoms with E-state index < -0.39 is 18.9 Å². The summed E-state index contributed by atoms with van der Waals surface area (Å²) in [6.07, 6.45) is -1.43. The molecule has 1 rings (SSSR count). The van der Waals surface area contributed by atoms with Gasteiger partial charge in [-0.3, -0.25) is 4.79 Å². The topological polar surface area (TPSA) is 84.1 Å². The summed E-state index contributed by atoms with van der Waals surface area (Å²) in [5, 5.41) is 18.7. The average molecular weight is 235 g/mol. The minimum atomic E-state index is -2.63. The molecule has 0 aliphatic carbocycles. The maximum absolute atomic E-state index is 12.1. The molecule has 0 bridgehead atoms. The molecule has 9 heteroatoms. The van der Waals surface area contributed by atoms with Crippen LogP contribution in [-0.2, 0) is 11.3 Å². The van der Waals surface area contributed by atoms with Crippen LogP contribution in [-0.4, -0.2) is 62.2 Å². The smallest absolute Gasteiger partial charge is 0.255 e. The van der Waals surface area contributed by atoms with Gasteiger partial charge in [0.2, 0.25) is 5.91 Å². The van der Waals surface area contributed by atoms with E-state index in [-0.39, 0.29) is 19.7 Å². The Morgan fingerprint density at radius 1 is 1.56 bits per heavy atom. The largest absolute Gasteiger partial charge is 0.395 e. The van der Waals surface area contributed by atoms with Crippen LogP contribution in [0.15, 0.2) is 6.33 Å². The van der Waals surface area contributed by atoms with Gasteiger partial charge in [-0.2, -0.15) is 0 Å². The number of aliphatic hydroxyl groups is 1. The molecule has 1 aromatic heterocycles. The molecule has 0 saturated carbocycles. The molecule has 16 heavy (non-hydrogen) atoms. The lowest BCUT2D eigenvalue weighted by molar-refractivity contribution is -0.134. The monoisotopic (exact) mass is 235 g/mol. The van der Waals surface area contributed by atoms with Gasteiger partial charge < -0.3 is 10.0 Å². The quantitative estimate of drug-likeness (QED) is 0.666. The van der Waals surface area contributed by atoms with Crippen molar-refractivity contribution in [3.05, 3.63) is 6.33 Å². The zero-order chi connectivity index (χ0) is 12.0. The number of tetrazole rings is 1. The van der Waals surface area contributed by atoms with Gasteiger partial charge in [0.05, 0.1) is 13.2 Å². The van der Waals surface area contributed by atoms with E-state index in [1.807, 2.05) is 0 Å². The lowest BCUT2D eigenvalue weighted by Crippen LogP contribution is -2.39. The Morgan fingerprint density at radius 3 is 2.81 bits per heavy atom. The Balaban J connectivity index is 2.53. The van der Waals surface area contributed by atoms with Crippen molar-refractivity contribution >= 4 is 5.91 Å². The standard InChI is InChI=1S/C7H11F2N5O2/c8-6(9)3-13(1-2-15)7(16)4-14-5-10-11-12-14/h5-6,15H,1-4H2. The molecule has 0 spiro atoms. The second-order valence-electron chi connectivity index (χ2n) is 2.96. The molecular formula is C7H11F2N5O2. The van der Waals surface area contributed by atoms with Crippen molar-refractivity contribution in [3.8, 4) is 0 Å². The minimum Gasteiger partial charge on any atom is -0.395 e. The highest BCUT2D eigenvalue weighted by Gasteiger charge is 2.18. The van der Waals surface area contributed by atoms with Crippen molar-refractivity contribution in [1.29, 1.82) is 0 Å². The van der Waals surface area contributed by atoms with Crippen molar-refractivity contribution in [3.63, 3.8) is 0 Å². The molecule has 0 radical (unpaired) electrons. The van der Waals surface area contributed by atoms with Crippen LogP contribution >= 0.6 is 0 Å². The number of aliphatic hydroxyl groups excluding tert-OH is 1. The zero-order valence-electron chi connectivity index (χ0n) is 8.33. The van der Waals surface area contributed by atoms with Gasteiger partial charge in [-0.05, 0) is 10.4 Å². The average Bonchev–Trinajstić information content (AvgIpc) is 2.69. The molecule has 0 aromatic carbocycles. The first-order chi connectivity index (χ1) is 7.63. The third-order valence-electron chi connectivity index (χ3n) is 1.77. The Morgan fingerprint density at radius 2 is 2.31 bits per heavy atom. The maximum Gasteiger partial charge on any atom is 0.255 e.